The van der Waals surface area contributed by atoms with Crippen LogP contribution in [0.2, 0.25) is 0 Å². The van der Waals surface area contributed by atoms with Gasteiger partial charge in [-0.15, -0.1) is 0 Å². The van der Waals surface area contributed by atoms with Crippen LogP contribution in [0.5, 0.6) is 11.5 Å². The number of hydrogen-bond acceptors (Lipinski definition) is 6. The number of benzene rings is 2. The molecule has 0 saturated carbocycles. The minimum Gasteiger partial charge on any atom is -0.493 e. The molecule has 7 heteroatoms. The number of ether oxygens (including phenoxy) is 2. The molecular formula is C20H21NO6. The van der Waals surface area contributed by atoms with Crippen molar-refractivity contribution >= 4 is 17.4 Å². The van der Waals surface area contributed by atoms with Crippen LogP contribution < -0.4 is 14.8 Å². The van der Waals surface area contributed by atoms with Crippen molar-refractivity contribution in [2.24, 2.45) is 0 Å². The summed E-state index contributed by atoms with van der Waals surface area (Å²) in [5.41, 5.74) is 1.65. The zero-order valence-corrected chi connectivity index (χ0v) is 15.1. The van der Waals surface area contributed by atoms with Crippen LogP contribution in [-0.4, -0.2) is 41.7 Å². The predicted molar refractivity (Wildman–Crippen MR) is 98.4 cm³/mol. The lowest BCUT2D eigenvalue weighted by Crippen LogP contribution is -2.23. The van der Waals surface area contributed by atoms with Crippen LogP contribution in [0.3, 0.4) is 0 Å². The minimum absolute atomic E-state index is 0.242. The number of hydrogen-bond donors (Lipinski definition) is 3. The number of rotatable bonds is 6. The maximum Gasteiger partial charge on any atom is 0.250 e. The topological polar surface area (TPSA) is 105 Å². The smallest absolute Gasteiger partial charge is 0.250 e. The van der Waals surface area contributed by atoms with E-state index in [4.69, 9.17) is 14.6 Å². The van der Waals surface area contributed by atoms with E-state index in [0.29, 0.717) is 41.3 Å². The Morgan fingerprint density at radius 3 is 2.41 bits per heavy atom. The summed E-state index contributed by atoms with van der Waals surface area (Å²) in [6.45, 7) is 3.60. The van der Waals surface area contributed by atoms with Crippen LogP contribution >= 0.6 is 0 Å². The number of amides is 1. The van der Waals surface area contributed by atoms with E-state index in [-0.39, 0.29) is 17.1 Å². The van der Waals surface area contributed by atoms with Crippen molar-refractivity contribution in [3.63, 3.8) is 0 Å². The maximum atomic E-state index is 13.2. The zero-order chi connectivity index (χ0) is 19.6. The molecule has 0 saturated heterocycles. The molecule has 0 spiro atoms. The number of carbonyl (C=O) groups is 2. The molecule has 0 bridgehead atoms. The fourth-order valence-corrected chi connectivity index (χ4v) is 3.22. The Hall–Kier alpha value is -2.90. The summed E-state index contributed by atoms with van der Waals surface area (Å²) in [5, 5.41) is 22.4. The molecule has 0 aliphatic heterocycles. The van der Waals surface area contributed by atoms with Gasteiger partial charge in [0.15, 0.2) is 0 Å². The summed E-state index contributed by atoms with van der Waals surface area (Å²) >= 11 is 0. The first kappa shape index (κ1) is 18.9. The molecule has 1 aliphatic carbocycles. The van der Waals surface area contributed by atoms with Gasteiger partial charge in [-0.2, -0.15) is 0 Å². The van der Waals surface area contributed by atoms with E-state index in [1.54, 1.807) is 25.1 Å². The zero-order valence-electron chi connectivity index (χ0n) is 15.1. The van der Waals surface area contributed by atoms with E-state index in [9.17, 15) is 14.7 Å². The van der Waals surface area contributed by atoms with Crippen LogP contribution in [0.25, 0.3) is 0 Å². The lowest BCUT2D eigenvalue weighted by molar-refractivity contribution is -0.118. The van der Waals surface area contributed by atoms with Gasteiger partial charge in [-0.05, 0) is 31.5 Å². The van der Waals surface area contributed by atoms with Crippen LogP contribution in [-0.2, 0) is 4.79 Å². The number of anilines is 1. The van der Waals surface area contributed by atoms with Crippen molar-refractivity contribution in [2.75, 3.05) is 25.1 Å². The summed E-state index contributed by atoms with van der Waals surface area (Å²) in [4.78, 5) is 24.8. The molecular weight excluding hydrogens is 350 g/mol. The van der Waals surface area contributed by atoms with Crippen molar-refractivity contribution in [1.82, 2.24) is 0 Å². The second-order valence-corrected chi connectivity index (χ2v) is 5.96. The predicted octanol–water partition coefficient (Wildman–Crippen LogP) is 2.04. The summed E-state index contributed by atoms with van der Waals surface area (Å²) in [6, 6.07) is 8.10. The number of aliphatic hydroxyl groups is 2. The van der Waals surface area contributed by atoms with Crippen LogP contribution in [0, 0.1) is 0 Å². The fraction of sp³-hybridized carbons (Fsp3) is 0.300. The van der Waals surface area contributed by atoms with Crippen molar-refractivity contribution in [3.05, 3.63) is 52.6 Å². The van der Waals surface area contributed by atoms with Crippen LogP contribution in [0.1, 0.15) is 47.0 Å². The third kappa shape index (κ3) is 3.39. The highest BCUT2D eigenvalue weighted by atomic mass is 16.5. The average Bonchev–Trinajstić information content (AvgIpc) is 2.66. The van der Waals surface area contributed by atoms with E-state index >= 15 is 0 Å². The quantitative estimate of drug-likeness (QED) is 0.718. The van der Waals surface area contributed by atoms with Crippen LogP contribution in [0.15, 0.2) is 30.3 Å². The largest absolute Gasteiger partial charge is 0.493 e. The number of fused-ring (bicyclic) bond motifs is 2. The first-order chi connectivity index (χ1) is 13.0. The van der Waals surface area contributed by atoms with Gasteiger partial charge in [0.25, 0.3) is 0 Å². The third-order valence-corrected chi connectivity index (χ3v) is 4.26. The number of nitrogens with one attached hydrogen (secondary N) is 1. The lowest BCUT2D eigenvalue weighted by atomic mass is 9.81. The molecule has 3 rings (SSSR count). The molecule has 0 fully saturated rings. The molecule has 0 radical (unpaired) electrons. The first-order valence-electron chi connectivity index (χ1n) is 8.71. The van der Waals surface area contributed by atoms with Gasteiger partial charge in [0, 0.05) is 17.3 Å². The van der Waals surface area contributed by atoms with Crippen LogP contribution in [0.4, 0.5) is 5.69 Å². The SMILES string of the molecule is CCOc1cccc2c1C(=O)c1c(OCC)cc(NC(=O)CO)cc1C2O. The molecule has 2 aromatic carbocycles. The van der Waals surface area contributed by atoms with Gasteiger partial charge in [0.05, 0.1) is 24.3 Å². The monoisotopic (exact) mass is 371 g/mol. The molecule has 1 atom stereocenters. The van der Waals surface area contributed by atoms with Crippen molar-refractivity contribution in [2.45, 2.75) is 20.0 Å². The van der Waals surface area contributed by atoms with E-state index in [0.717, 1.165) is 0 Å². The average molecular weight is 371 g/mol. The molecule has 0 heterocycles. The maximum absolute atomic E-state index is 13.2. The second-order valence-electron chi connectivity index (χ2n) is 5.96. The molecule has 142 valence electrons. The summed E-state index contributed by atoms with van der Waals surface area (Å²) < 4.78 is 11.2. The Kier molecular flexibility index (Phi) is 5.43. The van der Waals surface area contributed by atoms with E-state index in [2.05, 4.69) is 5.32 Å². The second kappa shape index (κ2) is 7.77. The summed E-state index contributed by atoms with van der Waals surface area (Å²) in [7, 11) is 0. The molecule has 1 amide bonds. The Morgan fingerprint density at radius 2 is 1.74 bits per heavy atom. The molecule has 2 aromatic rings. The molecule has 1 unspecified atom stereocenters. The Morgan fingerprint density at radius 1 is 1.07 bits per heavy atom. The molecule has 0 aromatic heterocycles. The molecule has 27 heavy (non-hydrogen) atoms. The Bertz CT molecular complexity index is 892. The number of aliphatic hydroxyl groups excluding tert-OH is 2. The summed E-state index contributed by atoms with van der Waals surface area (Å²) in [6.07, 6.45) is -1.08. The van der Waals surface area contributed by atoms with E-state index in [1.165, 1.54) is 12.1 Å². The number of ketones is 1. The van der Waals surface area contributed by atoms with Gasteiger partial charge in [0.1, 0.15) is 24.2 Å². The minimum atomic E-state index is -1.08. The van der Waals surface area contributed by atoms with Gasteiger partial charge in [-0.1, -0.05) is 12.1 Å². The highest BCUT2D eigenvalue weighted by Gasteiger charge is 2.35. The normalized spacial score (nSPS) is 15.0. The van der Waals surface area contributed by atoms with Gasteiger partial charge in [0.2, 0.25) is 11.7 Å². The van der Waals surface area contributed by atoms with Gasteiger partial charge >= 0.3 is 0 Å². The highest BCUT2D eigenvalue weighted by molar-refractivity contribution is 6.16. The highest BCUT2D eigenvalue weighted by Crippen LogP contribution is 2.43. The molecule has 7 nitrogen and oxygen atoms in total. The van der Waals surface area contributed by atoms with Crippen molar-refractivity contribution in [1.29, 1.82) is 0 Å². The standard InChI is InChI=1S/C20H21NO6/c1-3-26-14-7-5-6-12-17(14)20(25)18-13(19(12)24)8-11(21-16(23)10-22)9-15(18)27-4-2/h5-9,19,22,24H,3-4,10H2,1-2H3,(H,21,23). The molecule has 1 aliphatic rings. The van der Waals surface area contributed by atoms with Gasteiger partial charge < -0.3 is 25.0 Å². The Labute approximate surface area is 156 Å². The number of carbonyl (C=O) groups excluding carboxylic acids is 2. The fourth-order valence-electron chi connectivity index (χ4n) is 3.22. The van der Waals surface area contributed by atoms with E-state index < -0.39 is 18.6 Å². The lowest BCUT2D eigenvalue weighted by Gasteiger charge is -2.27. The van der Waals surface area contributed by atoms with Crippen molar-refractivity contribution < 1.29 is 29.3 Å². The Balaban J connectivity index is 2.18. The first-order valence-corrected chi connectivity index (χ1v) is 8.71. The van der Waals surface area contributed by atoms with E-state index in [1.807, 2.05) is 6.92 Å². The van der Waals surface area contributed by atoms with Gasteiger partial charge in [-0.3, -0.25) is 9.59 Å². The summed E-state index contributed by atoms with van der Waals surface area (Å²) in [5.74, 6) is -0.250. The third-order valence-electron chi connectivity index (χ3n) is 4.26. The van der Waals surface area contributed by atoms with Gasteiger partial charge in [-0.25, -0.2) is 0 Å². The molecule has 3 N–H and O–H groups in total. The van der Waals surface area contributed by atoms with Crippen molar-refractivity contribution in [3.8, 4) is 11.5 Å².